The number of rotatable bonds is 2. The maximum Gasteiger partial charge on any atom is 0.138 e. The normalized spacial score (nSPS) is 17.3. The van der Waals surface area contributed by atoms with E-state index in [2.05, 4.69) is 30.4 Å². The number of hydrogen-bond acceptors (Lipinski definition) is 1. The Morgan fingerprint density at radius 3 is 1.49 bits per heavy atom. The van der Waals surface area contributed by atoms with Gasteiger partial charge < -0.3 is 4.74 Å². The first kappa shape index (κ1) is 24.3. The van der Waals surface area contributed by atoms with E-state index in [1.54, 1.807) is 0 Å². The Morgan fingerprint density at radius 2 is 0.977 bits per heavy atom. The van der Waals surface area contributed by atoms with Crippen molar-refractivity contribution in [2.45, 2.75) is 12.0 Å². The molecule has 204 valence electrons. The first-order valence-electron chi connectivity index (χ1n) is 14.6. The van der Waals surface area contributed by atoms with Crippen molar-refractivity contribution < 1.29 is 13.5 Å². The second-order valence-corrected chi connectivity index (χ2v) is 11.4. The topological polar surface area (TPSA) is 9.23 Å². The number of benzene rings is 7. The lowest BCUT2D eigenvalue weighted by atomic mass is 9.80. The number of hydrogen-bond donors (Lipinski definition) is 0. The third-order valence-electron chi connectivity index (χ3n) is 9.16. The van der Waals surface area contributed by atoms with Crippen molar-refractivity contribution in [3.63, 3.8) is 0 Å². The average Bonchev–Trinajstić information content (AvgIpc) is 3.44. The molecule has 3 heteroatoms. The molecule has 0 bridgehead atoms. The molecule has 0 fully saturated rings. The fraction of sp³-hybridized carbons (Fsp3) is 0.0500. The van der Waals surface area contributed by atoms with Crippen molar-refractivity contribution in [3.8, 4) is 16.9 Å². The van der Waals surface area contributed by atoms with Gasteiger partial charge in [0.2, 0.25) is 0 Å². The van der Waals surface area contributed by atoms with Crippen molar-refractivity contribution in [1.29, 1.82) is 0 Å². The van der Waals surface area contributed by atoms with Gasteiger partial charge in [-0.2, -0.15) is 0 Å². The Kier molecular flexibility index (Phi) is 5.15. The van der Waals surface area contributed by atoms with E-state index in [0.29, 0.717) is 21.5 Å². The molecule has 1 aliphatic heterocycles. The monoisotopic (exact) mass is 558 g/mol. The SMILES string of the molecule is Fc1c2ccccc2c(C2=CC=CC3c4cc(-c5c6ccccc6c(F)c6ccccc56)ccc4OC23)c2ccccc12. The maximum absolute atomic E-state index is 15.7. The number of halogens is 2. The van der Waals surface area contributed by atoms with E-state index in [0.717, 1.165) is 55.1 Å². The van der Waals surface area contributed by atoms with Gasteiger partial charge in [-0.3, -0.25) is 0 Å². The zero-order valence-electron chi connectivity index (χ0n) is 23.0. The molecule has 1 aliphatic carbocycles. The third-order valence-corrected chi connectivity index (χ3v) is 9.16. The minimum atomic E-state index is -0.255. The largest absolute Gasteiger partial charge is 0.484 e. The van der Waals surface area contributed by atoms with E-state index < -0.39 is 0 Å². The Morgan fingerprint density at radius 1 is 0.512 bits per heavy atom. The molecule has 0 N–H and O–H groups in total. The molecule has 2 aliphatic rings. The summed E-state index contributed by atoms with van der Waals surface area (Å²) in [5, 5.41) is 5.97. The summed E-state index contributed by atoms with van der Waals surface area (Å²) in [7, 11) is 0. The second kappa shape index (κ2) is 9.11. The Hall–Kier alpha value is -5.28. The summed E-state index contributed by atoms with van der Waals surface area (Å²) in [6, 6.07) is 37.1. The maximum atomic E-state index is 15.7. The zero-order chi connectivity index (χ0) is 28.7. The Bertz CT molecular complexity index is 2250. The van der Waals surface area contributed by atoms with Gasteiger partial charge in [0.1, 0.15) is 23.5 Å². The van der Waals surface area contributed by atoms with Crippen molar-refractivity contribution >= 4 is 48.7 Å². The Balaban J connectivity index is 1.23. The van der Waals surface area contributed by atoms with E-state index in [9.17, 15) is 0 Å². The van der Waals surface area contributed by atoms with Crippen molar-refractivity contribution in [3.05, 3.63) is 156 Å². The molecular weight excluding hydrogens is 534 g/mol. The van der Waals surface area contributed by atoms with Crippen LogP contribution in [0, 0.1) is 11.6 Å². The fourth-order valence-electron chi connectivity index (χ4n) is 7.28. The highest BCUT2D eigenvalue weighted by Crippen LogP contribution is 2.50. The van der Waals surface area contributed by atoms with Crippen LogP contribution in [0.4, 0.5) is 8.78 Å². The fourth-order valence-corrected chi connectivity index (χ4v) is 7.28. The highest BCUT2D eigenvalue weighted by Gasteiger charge is 2.38. The predicted octanol–water partition coefficient (Wildman–Crippen LogP) is 10.7. The smallest absolute Gasteiger partial charge is 0.138 e. The van der Waals surface area contributed by atoms with Crippen LogP contribution < -0.4 is 4.74 Å². The quantitative estimate of drug-likeness (QED) is 0.192. The van der Waals surface area contributed by atoms with Gasteiger partial charge in [0.05, 0.1) is 0 Å². The third kappa shape index (κ3) is 3.42. The predicted molar refractivity (Wildman–Crippen MR) is 173 cm³/mol. The van der Waals surface area contributed by atoms with Crippen LogP contribution in [-0.4, -0.2) is 6.10 Å². The van der Waals surface area contributed by atoms with Crippen LogP contribution in [0.3, 0.4) is 0 Å². The molecule has 2 atom stereocenters. The van der Waals surface area contributed by atoms with E-state index >= 15 is 8.78 Å². The van der Waals surface area contributed by atoms with E-state index in [1.165, 1.54) is 0 Å². The molecule has 0 spiro atoms. The van der Waals surface area contributed by atoms with E-state index in [-0.39, 0.29) is 23.7 Å². The molecule has 7 aromatic carbocycles. The van der Waals surface area contributed by atoms with Crippen LogP contribution >= 0.6 is 0 Å². The lowest BCUT2D eigenvalue weighted by Gasteiger charge is -2.25. The summed E-state index contributed by atoms with van der Waals surface area (Å²) in [6.45, 7) is 0. The van der Waals surface area contributed by atoms with Crippen LogP contribution in [0.25, 0.3) is 59.8 Å². The number of fused-ring (bicyclic) bond motifs is 7. The summed E-state index contributed by atoms with van der Waals surface area (Å²) in [5.74, 6) is 0.430. The minimum absolute atomic E-state index is 0.0181. The first-order chi connectivity index (χ1) is 21.2. The van der Waals surface area contributed by atoms with Crippen LogP contribution in [0.15, 0.2) is 133 Å². The highest BCUT2D eigenvalue weighted by molar-refractivity contribution is 6.13. The summed E-state index contributed by atoms with van der Waals surface area (Å²) in [6.07, 6.45) is 6.14. The van der Waals surface area contributed by atoms with E-state index in [1.807, 2.05) is 103 Å². The van der Waals surface area contributed by atoms with Crippen LogP contribution in [0.1, 0.15) is 17.0 Å². The van der Waals surface area contributed by atoms with Gasteiger partial charge in [0, 0.05) is 38.6 Å². The summed E-state index contributed by atoms with van der Waals surface area (Å²) in [4.78, 5) is 0. The summed E-state index contributed by atoms with van der Waals surface area (Å²) >= 11 is 0. The van der Waals surface area contributed by atoms with Crippen LogP contribution in [-0.2, 0) is 0 Å². The molecule has 7 aromatic rings. The first-order valence-corrected chi connectivity index (χ1v) is 14.6. The molecular formula is C40H24F2O. The van der Waals surface area contributed by atoms with Crippen molar-refractivity contribution in [2.75, 3.05) is 0 Å². The number of allylic oxidation sites excluding steroid dienone is 2. The van der Waals surface area contributed by atoms with Gasteiger partial charge in [-0.05, 0) is 50.4 Å². The molecule has 2 unspecified atom stereocenters. The summed E-state index contributed by atoms with van der Waals surface area (Å²) < 4.78 is 38.0. The summed E-state index contributed by atoms with van der Waals surface area (Å²) in [5.41, 5.74) is 5.19. The molecule has 1 nitrogen and oxygen atoms in total. The molecule has 0 radical (unpaired) electrons. The van der Waals surface area contributed by atoms with Crippen molar-refractivity contribution in [1.82, 2.24) is 0 Å². The van der Waals surface area contributed by atoms with Gasteiger partial charge in [-0.25, -0.2) is 8.78 Å². The van der Waals surface area contributed by atoms with Gasteiger partial charge in [0.15, 0.2) is 0 Å². The molecule has 0 aromatic heterocycles. The average molecular weight is 559 g/mol. The molecule has 43 heavy (non-hydrogen) atoms. The molecule has 1 heterocycles. The second-order valence-electron chi connectivity index (χ2n) is 11.4. The highest BCUT2D eigenvalue weighted by atomic mass is 19.1. The zero-order valence-corrected chi connectivity index (χ0v) is 23.0. The Labute approximate surface area is 247 Å². The molecule has 0 amide bonds. The molecule has 0 saturated heterocycles. The molecule has 0 saturated carbocycles. The minimum Gasteiger partial charge on any atom is -0.484 e. The van der Waals surface area contributed by atoms with Gasteiger partial charge in [0.25, 0.3) is 0 Å². The molecule has 9 rings (SSSR count). The van der Waals surface area contributed by atoms with Gasteiger partial charge in [-0.15, -0.1) is 0 Å². The van der Waals surface area contributed by atoms with E-state index in [4.69, 9.17) is 4.74 Å². The standard InChI is InChI=1S/C40H24F2O/c41-38-28-14-5-1-10-24(28)36(25-11-2-6-15-29(25)38)23-20-21-35-34(22-23)32-18-9-19-33(40(32)43-35)37-26-12-3-7-16-30(26)39(42)31-17-8-4-13-27(31)37/h1-22,32,40H. The van der Waals surface area contributed by atoms with Crippen LogP contribution in [0.5, 0.6) is 5.75 Å². The van der Waals surface area contributed by atoms with Crippen molar-refractivity contribution in [2.24, 2.45) is 0 Å². The van der Waals surface area contributed by atoms with Gasteiger partial charge in [-0.1, -0.05) is 121 Å². The van der Waals surface area contributed by atoms with Gasteiger partial charge >= 0.3 is 0 Å². The van der Waals surface area contributed by atoms with Crippen LogP contribution in [0.2, 0.25) is 0 Å². The lowest BCUT2D eigenvalue weighted by Crippen LogP contribution is -2.22. The number of ether oxygens (including phenoxy) is 1. The lowest BCUT2D eigenvalue weighted by molar-refractivity contribution is 0.278.